The lowest BCUT2D eigenvalue weighted by Gasteiger charge is -1.96. The van der Waals surface area contributed by atoms with Crippen LogP contribution in [0, 0.1) is 11.8 Å². The van der Waals surface area contributed by atoms with E-state index in [4.69, 9.17) is 5.73 Å². The fraction of sp³-hybridized carbons (Fsp3) is 0.273. The van der Waals surface area contributed by atoms with Crippen LogP contribution < -0.4 is 5.73 Å². The van der Waals surface area contributed by atoms with Crippen LogP contribution in [0.2, 0.25) is 0 Å². The minimum Gasteiger partial charge on any atom is -0.504 e. The number of nitrogens with zero attached hydrogens (tertiary/aromatic N) is 1. The Balaban J connectivity index is 2.50. The monoisotopic (exact) mass is 236 g/mol. The standard InChI is InChI=1S/C11H12N2O2S/c1-8(14)16-5-3-2-4-9-6-10(15)11(12)13-7-9/h6-7,15H,3,5H2,1H3,(H2,12,13). The maximum Gasteiger partial charge on any atom is 0.185 e. The highest BCUT2D eigenvalue weighted by Crippen LogP contribution is 2.16. The van der Waals surface area contributed by atoms with E-state index in [0.29, 0.717) is 17.7 Å². The van der Waals surface area contributed by atoms with Crippen LogP contribution in [0.4, 0.5) is 5.82 Å². The molecule has 0 amide bonds. The molecule has 3 N–H and O–H groups in total. The quantitative estimate of drug-likeness (QED) is 0.599. The number of rotatable bonds is 2. The van der Waals surface area contributed by atoms with E-state index < -0.39 is 0 Å². The predicted molar refractivity (Wildman–Crippen MR) is 64.9 cm³/mol. The van der Waals surface area contributed by atoms with Crippen molar-refractivity contribution < 1.29 is 9.90 Å². The third kappa shape index (κ3) is 4.24. The Morgan fingerprint density at radius 1 is 1.69 bits per heavy atom. The summed E-state index contributed by atoms with van der Waals surface area (Å²) in [6.45, 7) is 1.53. The second-order valence-corrected chi connectivity index (χ2v) is 4.29. The molecule has 1 aromatic heterocycles. The second-order valence-electron chi connectivity index (χ2n) is 3.02. The molecule has 0 fully saturated rings. The molecule has 84 valence electrons. The van der Waals surface area contributed by atoms with Crippen molar-refractivity contribution in [2.45, 2.75) is 13.3 Å². The number of aromatic hydroxyl groups is 1. The first-order valence-corrected chi connectivity index (χ1v) is 5.65. The highest BCUT2D eigenvalue weighted by atomic mass is 32.2. The SMILES string of the molecule is CC(=O)SCCC#Cc1cnc(N)c(O)c1. The van der Waals surface area contributed by atoms with E-state index in [0.717, 1.165) is 0 Å². The summed E-state index contributed by atoms with van der Waals surface area (Å²) in [5, 5.41) is 9.36. The summed E-state index contributed by atoms with van der Waals surface area (Å²) in [6.07, 6.45) is 2.12. The van der Waals surface area contributed by atoms with E-state index >= 15 is 0 Å². The fourth-order valence-electron chi connectivity index (χ4n) is 0.942. The minimum atomic E-state index is -0.0649. The molecular formula is C11H12N2O2S. The summed E-state index contributed by atoms with van der Waals surface area (Å²) in [7, 11) is 0. The molecule has 0 aliphatic carbocycles. The van der Waals surface area contributed by atoms with Gasteiger partial charge in [-0.25, -0.2) is 4.98 Å². The molecule has 0 radical (unpaired) electrons. The van der Waals surface area contributed by atoms with Crippen molar-refractivity contribution >= 4 is 22.7 Å². The fourth-order valence-corrected chi connectivity index (χ4v) is 1.43. The topological polar surface area (TPSA) is 76.2 Å². The first-order valence-electron chi connectivity index (χ1n) is 4.66. The largest absolute Gasteiger partial charge is 0.504 e. The van der Waals surface area contributed by atoms with Gasteiger partial charge in [0.25, 0.3) is 0 Å². The smallest absolute Gasteiger partial charge is 0.185 e. The molecule has 1 aromatic rings. The Morgan fingerprint density at radius 2 is 2.44 bits per heavy atom. The molecule has 5 heteroatoms. The molecule has 0 atom stereocenters. The Kier molecular flexibility index (Phi) is 4.67. The van der Waals surface area contributed by atoms with Crippen molar-refractivity contribution in [3.05, 3.63) is 17.8 Å². The molecule has 0 aromatic carbocycles. The van der Waals surface area contributed by atoms with Gasteiger partial charge in [-0.3, -0.25) is 4.79 Å². The second kappa shape index (κ2) is 6.03. The summed E-state index contributed by atoms with van der Waals surface area (Å²) >= 11 is 1.25. The van der Waals surface area contributed by atoms with Crippen LogP contribution in [-0.2, 0) is 4.79 Å². The average molecular weight is 236 g/mol. The van der Waals surface area contributed by atoms with E-state index in [9.17, 15) is 9.90 Å². The van der Waals surface area contributed by atoms with E-state index in [2.05, 4.69) is 16.8 Å². The molecule has 0 aliphatic rings. The lowest BCUT2D eigenvalue weighted by atomic mass is 10.2. The zero-order valence-electron chi connectivity index (χ0n) is 8.86. The average Bonchev–Trinajstić information content (AvgIpc) is 2.22. The van der Waals surface area contributed by atoms with Gasteiger partial charge in [0.2, 0.25) is 0 Å². The van der Waals surface area contributed by atoms with Crippen molar-refractivity contribution in [2.24, 2.45) is 0 Å². The summed E-state index contributed by atoms with van der Waals surface area (Å²) in [5.74, 6) is 6.43. The molecule has 0 spiro atoms. The molecule has 0 bridgehead atoms. The normalized spacial score (nSPS) is 9.31. The molecule has 0 aliphatic heterocycles. The van der Waals surface area contributed by atoms with Gasteiger partial charge in [0.05, 0.1) is 0 Å². The lowest BCUT2D eigenvalue weighted by Crippen LogP contribution is -1.90. The number of aromatic nitrogens is 1. The van der Waals surface area contributed by atoms with Crippen LogP contribution in [0.1, 0.15) is 18.9 Å². The first kappa shape index (κ1) is 12.4. The third-order valence-electron chi connectivity index (χ3n) is 1.66. The van der Waals surface area contributed by atoms with Crippen molar-refractivity contribution in [2.75, 3.05) is 11.5 Å². The van der Waals surface area contributed by atoms with Crippen molar-refractivity contribution in [1.29, 1.82) is 0 Å². The van der Waals surface area contributed by atoms with Gasteiger partial charge >= 0.3 is 0 Å². The number of nitrogens with two attached hydrogens (primary N) is 1. The lowest BCUT2D eigenvalue weighted by molar-refractivity contribution is -0.109. The number of nitrogen functional groups attached to an aromatic ring is 1. The van der Waals surface area contributed by atoms with Crippen LogP contribution >= 0.6 is 11.8 Å². The molecule has 16 heavy (non-hydrogen) atoms. The Labute approximate surface area is 98.3 Å². The van der Waals surface area contributed by atoms with E-state index in [1.165, 1.54) is 30.9 Å². The zero-order valence-corrected chi connectivity index (χ0v) is 9.67. The van der Waals surface area contributed by atoms with Gasteiger partial charge in [-0.05, 0) is 0 Å². The Morgan fingerprint density at radius 3 is 3.06 bits per heavy atom. The van der Waals surface area contributed by atoms with Crippen molar-refractivity contribution in [3.8, 4) is 17.6 Å². The summed E-state index contributed by atoms with van der Waals surface area (Å²) in [4.78, 5) is 14.4. The summed E-state index contributed by atoms with van der Waals surface area (Å²) in [6, 6.07) is 1.47. The van der Waals surface area contributed by atoms with Gasteiger partial charge in [0, 0.05) is 36.9 Å². The number of anilines is 1. The molecular weight excluding hydrogens is 224 g/mol. The molecule has 0 saturated heterocycles. The van der Waals surface area contributed by atoms with Gasteiger partial charge in [0.15, 0.2) is 16.7 Å². The number of carbonyl (C=O) groups is 1. The summed E-state index contributed by atoms with van der Waals surface area (Å²) in [5.41, 5.74) is 5.96. The highest BCUT2D eigenvalue weighted by Gasteiger charge is 1.97. The molecule has 0 saturated carbocycles. The molecule has 1 heterocycles. The minimum absolute atomic E-state index is 0.0649. The number of hydrogen-bond acceptors (Lipinski definition) is 5. The van der Waals surface area contributed by atoms with Gasteiger partial charge in [0.1, 0.15) is 0 Å². The number of thioether (sulfide) groups is 1. The predicted octanol–water partition coefficient (Wildman–Crippen LogP) is 1.39. The van der Waals surface area contributed by atoms with Crippen LogP contribution in [0.3, 0.4) is 0 Å². The maximum atomic E-state index is 10.6. The van der Waals surface area contributed by atoms with Crippen LogP contribution in [-0.4, -0.2) is 21.0 Å². The van der Waals surface area contributed by atoms with Gasteiger partial charge in [-0.15, -0.1) is 0 Å². The highest BCUT2D eigenvalue weighted by molar-refractivity contribution is 8.13. The number of carbonyl (C=O) groups excluding carboxylic acids is 1. The van der Waals surface area contributed by atoms with Gasteiger partial charge in [-0.1, -0.05) is 23.6 Å². The zero-order chi connectivity index (χ0) is 12.0. The van der Waals surface area contributed by atoms with Gasteiger partial charge < -0.3 is 10.8 Å². The molecule has 4 nitrogen and oxygen atoms in total. The Hall–Kier alpha value is -1.67. The number of hydrogen-bond donors (Lipinski definition) is 2. The van der Waals surface area contributed by atoms with E-state index in [-0.39, 0.29) is 16.7 Å². The van der Waals surface area contributed by atoms with E-state index in [1.54, 1.807) is 0 Å². The molecule has 1 rings (SSSR count). The third-order valence-corrected chi connectivity index (χ3v) is 2.48. The Bertz CT molecular complexity index is 449. The van der Waals surface area contributed by atoms with Crippen LogP contribution in [0.15, 0.2) is 12.3 Å². The van der Waals surface area contributed by atoms with Crippen LogP contribution in [0.25, 0.3) is 0 Å². The van der Waals surface area contributed by atoms with Crippen molar-refractivity contribution in [1.82, 2.24) is 4.98 Å². The summed E-state index contributed by atoms with van der Waals surface area (Å²) < 4.78 is 0. The van der Waals surface area contributed by atoms with Gasteiger partial charge in [-0.2, -0.15) is 0 Å². The number of pyridine rings is 1. The molecule has 0 unspecified atom stereocenters. The van der Waals surface area contributed by atoms with E-state index in [1.807, 2.05) is 0 Å². The maximum absolute atomic E-state index is 10.6. The van der Waals surface area contributed by atoms with Crippen LogP contribution in [0.5, 0.6) is 5.75 Å². The van der Waals surface area contributed by atoms with Crippen molar-refractivity contribution in [3.63, 3.8) is 0 Å². The first-order chi connectivity index (χ1) is 7.59.